The summed E-state index contributed by atoms with van der Waals surface area (Å²) in [7, 11) is 0. The summed E-state index contributed by atoms with van der Waals surface area (Å²) in [6.45, 7) is 1.84. The molecule has 1 heterocycles. The third kappa shape index (κ3) is 1.25. The number of hydrogen-bond acceptors (Lipinski definition) is 3. The van der Waals surface area contributed by atoms with Gasteiger partial charge in [0, 0.05) is 0 Å². The number of nitriles is 1. The molecule has 0 N–H and O–H groups in total. The van der Waals surface area contributed by atoms with Gasteiger partial charge in [-0.05, 0) is 24.6 Å². The third-order valence-electron chi connectivity index (χ3n) is 2.44. The van der Waals surface area contributed by atoms with Crippen molar-refractivity contribution in [3.8, 4) is 6.07 Å². The van der Waals surface area contributed by atoms with E-state index >= 15 is 0 Å². The second-order valence-corrected chi connectivity index (χ2v) is 3.38. The zero-order chi connectivity index (χ0) is 10.1. The van der Waals surface area contributed by atoms with Crippen molar-refractivity contribution in [1.29, 1.82) is 5.26 Å². The smallest absolute Gasteiger partial charge is 0.313 e. The summed E-state index contributed by atoms with van der Waals surface area (Å²) < 4.78 is 4.99. The van der Waals surface area contributed by atoms with Gasteiger partial charge in [0.2, 0.25) is 0 Å². The normalized spacial score (nSPS) is 24.7. The van der Waals surface area contributed by atoms with Crippen molar-refractivity contribution < 1.29 is 9.53 Å². The zero-order valence-corrected chi connectivity index (χ0v) is 7.73. The number of nitrogens with zero attached hydrogens (tertiary/aromatic N) is 1. The van der Waals surface area contributed by atoms with Crippen LogP contribution >= 0.6 is 0 Å². The number of benzene rings is 1. The Labute approximate surface area is 81.9 Å². The second kappa shape index (κ2) is 3.15. The van der Waals surface area contributed by atoms with Gasteiger partial charge in [-0.1, -0.05) is 12.1 Å². The Balaban J connectivity index is 2.19. The summed E-state index contributed by atoms with van der Waals surface area (Å²) >= 11 is 0. The van der Waals surface area contributed by atoms with Gasteiger partial charge in [0.1, 0.15) is 6.10 Å². The lowest BCUT2D eigenvalue weighted by Crippen LogP contribution is -2.36. The largest absolute Gasteiger partial charge is 0.456 e. The van der Waals surface area contributed by atoms with Crippen LogP contribution < -0.4 is 0 Å². The molecular weight excluding hydrogens is 178 g/mol. The predicted octanol–water partition coefficient (Wildman–Crippen LogP) is 1.79. The molecule has 0 amide bonds. The number of carbonyl (C=O) groups is 1. The minimum absolute atomic E-state index is 0.0667. The molecule has 1 aliphatic rings. The summed E-state index contributed by atoms with van der Waals surface area (Å²) in [6, 6.07) is 9.15. The molecule has 3 heteroatoms. The quantitative estimate of drug-likeness (QED) is 0.630. The van der Waals surface area contributed by atoms with Gasteiger partial charge < -0.3 is 4.74 Å². The maximum absolute atomic E-state index is 10.9. The number of ether oxygens (including phenoxy) is 1. The van der Waals surface area contributed by atoms with Gasteiger partial charge in [-0.3, -0.25) is 4.79 Å². The number of hydrogen-bond donors (Lipinski definition) is 0. The fourth-order valence-electron chi connectivity index (χ4n) is 1.49. The molecule has 2 rings (SSSR count). The van der Waals surface area contributed by atoms with Crippen molar-refractivity contribution in [1.82, 2.24) is 0 Å². The molecule has 0 spiro atoms. The topological polar surface area (TPSA) is 50.1 Å². The Morgan fingerprint density at radius 1 is 1.36 bits per heavy atom. The molecule has 14 heavy (non-hydrogen) atoms. The van der Waals surface area contributed by atoms with E-state index < -0.39 is 0 Å². The predicted molar refractivity (Wildman–Crippen MR) is 49.2 cm³/mol. The Hall–Kier alpha value is -1.82. The molecule has 0 bridgehead atoms. The maximum atomic E-state index is 10.9. The van der Waals surface area contributed by atoms with Crippen molar-refractivity contribution in [3.63, 3.8) is 0 Å². The standard InChI is InChI=1S/C11H9NO2/c1-7-10(14-11(7)13)9-4-2-8(6-12)3-5-9/h2-5,7,10H,1H3/t7-,10+/m0/s1. The van der Waals surface area contributed by atoms with E-state index in [4.69, 9.17) is 10.00 Å². The van der Waals surface area contributed by atoms with Crippen LogP contribution in [0.4, 0.5) is 0 Å². The minimum atomic E-state index is -0.153. The van der Waals surface area contributed by atoms with E-state index in [0.29, 0.717) is 5.56 Å². The van der Waals surface area contributed by atoms with Gasteiger partial charge in [-0.2, -0.15) is 5.26 Å². The monoisotopic (exact) mass is 187 g/mol. The molecule has 1 fully saturated rings. The maximum Gasteiger partial charge on any atom is 0.313 e. The Kier molecular flexibility index (Phi) is 1.97. The first kappa shape index (κ1) is 8.76. The lowest BCUT2D eigenvalue weighted by atomic mass is 9.92. The van der Waals surface area contributed by atoms with Crippen molar-refractivity contribution in [2.75, 3.05) is 0 Å². The molecule has 0 aromatic heterocycles. The van der Waals surface area contributed by atoms with Gasteiger partial charge in [-0.25, -0.2) is 0 Å². The van der Waals surface area contributed by atoms with Crippen molar-refractivity contribution in [2.24, 2.45) is 5.92 Å². The average Bonchev–Trinajstić information content (AvgIpc) is 2.25. The Morgan fingerprint density at radius 2 is 2.00 bits per heavy atom. The van der Waals surface area contributed by atoms with Crippen LogP contribution in [0.3, 0.4) is 0 Å². The van der Waals surface area contributed by atoms with Gasteiger partial charge in [0.25, 0.3) is 0 Å². The van der Waals surface area contributed by atoms with Gasteiger partial charge >= 0.3 is 5.97 Å². The molecule has 70 valence electrons. The van der Waals surface area contributed by atoms with Crippen LogP contribution in [0, 0.1) is 17.2 Å². The van der Waals surface area contributed by atoms with Crippen LogP contribution in [0.2, 0.25) is 0 Å². The highest BCUT2D eigenvalue weighted by atomic mass is 16.6. The summed E-state index contributed by atoms with van der Waals surface area (Å²) in [5.74, 6) is -0.220. The van der Waals surface area contributed by atoms with E-state index in [-0.39, 0.29) is 18.0 Å². The van der Waals surface area contributed by atoms with Crippen molar-refractivity contribution >= 4 is 5.97 Å². The summed E-state index contributed by atoms with van der Waals surface area (Å²) in [6.07, 6.45) is -0.129. The highest BCUT2D eigenvalue weighted by Gasteiger charge is 2.39. The van der Waals surface area contributed by atoms with Crippen LogP contribution in [0.25, 0.3) is 0 Å². The number of esters is 1. The van der Waals surface area contributed by atoms with Crippen LogP contribution in [0.5, 0.6) is 0 Å². The molecule has 3 nitrogen and oxygen atoms in total. The van der Waals surface area contributed by atoms with Crippen LogP contribution in [-0.2, 0) is 9.53 Å². The molecule has 1 saturated heterocycles. The molecule has 2 atom stereocenters. The Morgan fingerprint density at radius 3 is 2.43 bits per heavy atom. The Bertz CT molecular complexity index is 402. The van der Waals surface area contributed by atoms with E-state index in [2.05, 4.69) is 0 Å². The molecular formula is C11H9NO2. The van der Waals surface area contributed by atoms with Gasteiger partial charge in [0.15, 0.2) is 0 Å². The fourth-order valence-corrected chi connectivity index (χ4v) is 1.49. The number of carbonyl (C=O) groups excluding carboxylic acids is 1. The zero-order valence-electron chi connectivity index (χ0n) is 7.73. The number of rotatable bonds is 1. The lowest BCUT2D eigenvalue weighted by Gasteiger charge is -2.32. The lowest BCUT2D eigenvalue weighted by molar-refractivity contribution is -0.183. The third-order valence-corrected chi connectivity index (χ3v) is 2.44. The minimum Gasteiger partial charge on any atom is -0.456 e. The highest BCUT2D eigenvalue weighted by Crippen LogP contribution is 2.36. The molecule has 0 unspecified atom stereocenters. The molecule has 0 radical (unpaired) electrons. The van der Waals surface area contributed by atoms with E-state index in [1.165, 1.54) is 0 Å². The van der Waals surface area contributed by atoms with Crippen LogP contribution in [0.1, 0.15) is 24.2 Å². The first-order valence-electron chi connectivity index (χ1n) is 4.43. The summed E-state index contributed by atoms with van der Waals surface area (Å²) in [5, 5.41) is 8.60. The van der Waals surface area contributed by atoms with Gasteiger partial charge in [-0.15, -0.1) is 0 Å². The molecule has 0 aliphatic carbocycles. The molecule has 1 aliphatic heterocycles. The number of cyclic esters (lactones) is 1. The van der Waals surface area contributed by atoms with Crippen molar-refractivity contribution in [3.05, 3.63) is 35.4 Å². The van der Waals surface area contributed by atoms with Crippen LogP contribution in [-0.4, -0.2) is 5.97 Å². The molecule has 0 saturated carbocycles. The first-order valence-corrected chi connectivity index (χ1v) is 4.43. The van der Waals surface area contributed by atoms with Crippen molar-refractivity contribution in [2.45, 2.75) is 13.0 Å². The SMILES string of the molecule is C[C@@H]1C(=O)O[C@H]1c1ccc(C#N)cc1. The molecule has 1 aromatic rings. The fraction of sp³-hybridized carbons (Fsp3) is 0.273. The van der Waals surface area contributed by atoms with E-state index in [1.54, 1.807) is 12.1 Å². The van der Waals surface area contributed by atoms with Crippen LogP contribution in [0.15, 0.2) is 24.3 Å². The van der Waals surface area contributed by atoms with E-state index in [1.807, 2.05) is 25.1 Å². The first-order chi connectivity index (χ1) is 6.72. The van der Waals surface area contributed by atoms with Gasteiger partial charge in [0.05, 0.1) is 17.6 Å². The van der Waals surface area contributed by atoms with E-state index in [0.717, 1.165) is 5.56 Å². The summed E-state index contributed by atoms with van der Waals surface area (Å²) in [4.78, 5) is 10.9. The second-order valence-electron chi connectivity index (χ2n) is 3.38. The molecule has 1 aromatic carbocycles. The summed E-state index contributed by atoms with van der Waals surface area (Å²) in [5.41, 5.74) is 1.57. The average molecular weight is 187 g/mol. The highest BCUT2D eigenvalue weighted by molar-refractivity contribution is 5.78. The van der Waals surface area contributed by atoms with E-state index in [9.17, 15) is 4.79 Å².